The molecule has 1 heterocycles. The van der Waals surface area contributed by atoms with Crippen molar-refractivity contribution >= 4 is 21.4 Å². The Bertz CT molecular complexity index is 1210. The highest BCUT2D eigenvalue weighted by atomic mass is 32.2. The maximum absolute atomic E-state index is 13.9. The fourth-order valence-corrected chi connectivity index (χ4v) is 4.92. The summed E-state index contributed by atoms with van der Waals surface area (Å²) in [7, 11) is -2.64. The molecule has 0 saturated heterocycles. The third-order valence-corrected chi connectivity index (χ3v) is 6.52. The molecular formula is C24H28FN5O2S. The van der Waals surface area contributed by atoms with Crippen molar-refractivity contribution in [2.24, 2.45) is 5.92 Å². The van der Waals surface area contributed by atoms with Crippen LogP contribution in [0, 0.1) is 16.5 Å². The van der Waals surface area contributed by atoms with Crippen molar-refractivity contribution in [1.82, 2.24) is 15.0 Å². The van der Waals surface area contributed by atoms with Crippen molar-refractivity contribution in [3.05, 3.63) is 60.2 Å². The number of benzene rings is 2. The van der Waals surface area contributed by atoms with Crippen LogP contribution in [-0.4, -0.2) is 32.0 Å². The molecule has 2 N–H and O–H groups in total. The zero-order chi connectivity index (χ0) is 23.3. The average Bonchev–Trinajstić information content (AvgIpc) is 3.27. The molecule has 1 aromatic heterocycles. The van der Waals surface area contributed by atoms with Gasteiger partial charge in [-0.25, -0.2) is 18.6 Å². The Morgan fingerprint density at radius 3 is 2.79 bits per heavy atom. The highest BCUT2D eigenvalue weighted by Crippen LogP contribution is 2.31. The highest BCUT2D eigenvalue weighted by molar-refractivity contribution is 7.90. The minimum Gasteiger partial charge on any atom is -0.493 e. The molecule has 1 unspecified atom stereocenters. The topological polar surface area (TPSA) is 101 Å². The Morgan fingerprint density at radius 1 is 1.18 bits per heavy atom. The van der Waals surface area contributed by atoms with Gasteiger partial charge in [-0.2, -0.15) is 4.98 Å². The van der Waals surface area contributed by atoms with Crippen LogP contribution >= 0.6 is 0 Å². The largest absolute Gasteiger partial charge is 0.493 e. The van der Waals surface area contributed by atoms with Crippen LogP contribution in [0.1, 0.15) is 37.7 Å². The second-order valence-electron chi connectivity index (χ2n) is 8.54. The van der Waals surface area contributed by atoms with Gasteiger partial charge in [-0.05, 0) is 42.2 Å². The lowest BCUT2D eigenvalue weighted by Crippen LogP contribution is -2.06. The molecule has 1 saturated carbocycles. The number of ether oxygens (including phenoxy) is 1. The van der Waals surface area contributed by atoms with Gasteiger partial charge in [0.15, 0.2) is 5.82 Å². The van der Waals surface area contributed by atoms with Gasteiger partial charge in [-0.1, -0.05) is 37.8 Å². The molecule has 9 heteroatoms. The second kappa shape index (κ2) is 10.2. The van der Waals surface area contributed by atoms with E-state index in [-0.39, 0.29) is 11.6 Å². The summed E-state index contributed by atoms with van der Waals surface area (Å²) in [5.41, 5.74) is 2.09. The van der Waals surface area contributed by atoms with E-state index in [1.54, 1.807) is 6.07 Å². The van der Waals surface area contributed by atoms with Crippen molar-refractivity contribution in [3.63, 3.8) is 0 Å². The summed E-state index contributed by atoms with van der Waals surface area (Å²) in [5, 5.41) is 3.12. The van der Waals surface area contributed by atoms with E-state index in [0.717, 1.165) is 12.0 Å². The molecule has 0 spiro atoms. The lowest BCUT2D eigenvalue weighted by Gasteiger charge is -2.14. The summed E-state index contributed by atoms with van der Waals surface area (Å²) in [6, 6.07) is 11.7. The van der Waals surface area contributed by atoms with Gasteiger partial charge in [0.1, 0.15) is 17.9 Å². The number of hydrogen-bond acceptors (Lipinski definition) is 7. The predicted molar refractivity (Wildman–Crippen MR) is 128 cm³/mol. The van der Waals surface area contributed by atoms with E-state index in [1.165, 1.54) is 50.4 Å². The van der Waals surface area contributed by atoms with E-state index < -0.39 is 9.73 Å². The van der Waals surface area contributed by atoms with Crippen molar-refractivity contribution in [1.29, 1.82) is 4.78 Å². The number of anilines is 2. The third-order valence-electron chi connectivity index (χ3n) is 5.64. The van der Waals surface area contributed by atoms with Crippen LogP contribution in [0.25, 0.3) is 11.4 Å². The predicted octanol–water partition coefficient (Wildman–Crippen LogP) is 5.56. The molecule has 2 aromatic carbocycles. The first-order chi connectivity index (χ1) is 15.9. The summed E-state index contributed by atoms with van der Waals surface area (Å²) in [6.45, 7) is 0.528. The van der Waals surface area contributed by atoms with Crippen LogP contribution < -0.4 is 10.1 Å². The maximum Gasteiger partial charge on any atom is 0.230 e. The van der Waals surface area contributed by atoms with Gasteiger partial charge in [-0.15, -0.1) is 0 Å². The third kappa shape index (κ3) is 6.71. The van der Waals surface area contributed by atoms with Gasteiger partial charge in [-0.3, -0.25) is 4.78 Å². The standard InChI is InChI=1S/C24H28FN5O2S/c1-33(26,31)15-18-7-4-8-20(13-18)29-24-28-16-27-23(30-24)21-10-9-19(25)14-22(21)32-12-11-17-5-2-3-6-17/h4,7-10,13-14,16-17,26H,2-3,5-6,11-12,15H2,1H3,(H,27,28,29,30). The van der Waals surface area contributed by atoms with Crippen LogP contribution in [0.15, 0.2) is 48.8 Å². The zero-order valence-electron chi connectivity index (χ0n) is 18.6. The molecule has 1 fully saturated rings. The Labute approximate surface area is 193 Å². The summed E-state index contributed by atoms with van der Waals surface area (Å²) in [6.07, 6.45) is 8.79. The van der Waals surface area contributed by atoms with E-state index in [4.69, 9.17) is 9.52 Å². The first-order valence-electron chi connectivity index (χ1n) is 11.0. The van der Waals surface area contributed by atoms with Crippen molar-refractivity contribution in [2.45, 2.75) is 37.9 Å². The summed E-state index contributed by atoms with van der Waals surface area (Å²) >= 11 is 0. The quantitative estimate of drug-likeness (QED) is 0.426. The van der Waals surface area contributed by atoms with Gasteiger partial charge in [0.05, 0.1) is 17.9 Å². The second-order valence-corrected chi connectivity index (χ2v) is 10.8. The van der Waals surface area contributed by atoms with Gasteiger partial charge < -0.3 is 10.1 Å². The monoisotopic (exact) mass is 469 g/mol. The summed E-state index contributed by atoms with van der Waals surface area (Å²) in [4.78, 5) is 12.9. The smallest absolute Gasteiger partial charge is 0.230 e. The first-order valence-corrected chi connectivity index (χ1v) is 13.2. The van der Waals surface area contributed by atoms with Crippen molar-refractivity contribution in [3.8, 4) is 17.1 Å². The SMILES string of the molecule is CS(=N)(=O)Cc1cccc(Nc2ncnc(-c3ccc(F)cc3OCCC3CCCC3)n2)c1. The lowest BCUT2D eigenvalue weighted by atomic mass is 10.1. The fraction of sp³-hybridized carbons (Fsp3) is 0.375. The molecule has 1 aliphatic rings. The molecule has 1 aliphatic carbocycles. The van der Waals surface area contributed by atoms with Gasteiger partial charge in [0.2, 0.25) is 5.95 Å². The highest BCUT2D eigenvalue weighted by Gasteiger charge is 2.16. The first kappa shape index (κ1) is 23.1. The number of halogens is 1. The molecule has 1 atom stereocenters. The average molecular weight is 470 g/mol. The summed E-state index contributed by atoms with van der Waals surface area (Å²) < 4.78 is 39.3. The van der Waals surface area contributed by atoms with Crippen LogP contribution in [0.4, 0.5) is 16.0 Å². The Kier molecular flexibility index (Phi) is 7.17. The van der Waals surface area contributed by atoms with Crippen LogP contribution in [0.5, 0.6) is 5.75 Å². The molecule has 174 valence electrons. The molecule has 4 rings (SSSR count). The Morgan fingerprint density at radius 2 is 2.00 bits per heavy atom. The number of aromatic nitrogens is 3. The molecular weight excluding hydrogens is 441 g/mol. The van der Waals surface area contributed by atoms with E-state index >= 15 is 0 Å². The normalized spacial score (nSPS) is 15.8. The van der Waals surface area contributed by atoms with E-state index in [1.807, 2.05) is 24.3 Å². The number of nitrogens with zero attached hydrogens (tertiary/aromatic N) is 3. The zero-order valence-corrected chi connectivity index (χ0v) is 19.4. The van der Waals surface area contributed by atoms with Crippen LogP contribution in [-0.2, 0) is 15.5 Å². The minimum absolute atomic E-state index is 0.169. The Hall–Kier alpha value is -3.07. The summed E-state index contributed by atoms with van der Waals surface area (Å²) in [5.74, 6) is 1.59. The van der Waals surface area contributed by atoms with Crippen molar-refractivity contribution < 1.29 is 13.3 Å². The number of hydrogen-bond donors (Lipinski definition) is 2. The molecule has 0 amide bonds. The Balaban J connectivity index is 1.51. The maximum atomic E-state index is 13.9. The van der Waals surface area contributed by atoms with Crippen LogP contribution in [0.3, 0.4) is 0 Å². The molecule has 0 aliphatic heterocycles. The number of nitrogens with one attached hydrogen (secondary N) is 2. The number of rotatable bonds is 9. The fourth-order valence-electron chi connectivity index (χ4n) is 4.11. The van der Waals surface area contributed by atoms with Gasteiger partial charge in [0, 0.05) is 27.7 Å². The van der Waals surface area contributed by atoms with E-state index in [2.05, 4.69) is 20.3 Å². The van der Waals surface area contributed by atoms with Crippen molar-refractivity contribution in [2.75, 3.05) is 18.2 Å². The lowest BCUT2D eigenvalue weighted by molar-refractivity contribution is 0.279. The van der Waals surface area contributed by atoms with Crippen LogP contribution in [0.2, 0.25) is 0 Å². The van der Waals surface area contributed by atoms with E-state index in [9.17, 15) is 8.60 Å². The molecule has 0 bridgehead atoms. The minimum atomic E-state index is -2.64. The van der Waals surface area contributed by atoms with E-state index in [0.29, 0.717) is 41.3 Å². The van der Waals surface area contributed by atoms with Gasteiger partial charge in [0.25, 0.3) is 0 Å². The van der Waals surface area contributed by atoms with Gasteiger partial charge >= 0.3 is 0 Å². The molecule has 33 heavy (non-hydrogen) atoms. The molecule has 0 radical (unpaired) electrons. The molecule has 3 aromatic rings. The molecule has 7 nitrogen and oxygen atoms in total.